The minimum absolute atomic E-state index is 0.0106. The molecule has 0 aromatic carbocycles. The van der Waals surface area contributed by atoms with E-state index in [2.05, 4.69) is 15.0 Å². The third-order valence-electron chi connectivity index (χ3n) is 5.21. The van der Waals surface area contributed by atoms with Crippen molar-refractivity contribution in [1.29, 1.82) is 0 Å². The Morgan fingerprint density at radius 1 is 1.23 bits per heavy atom. The molecule has 3 heterocycles. The molecule has 0 saturated carbocycles. The number of rotatable bonds is 6. The van der Waals surface area contributed by atoms with E-state index in [-0.39, 0.29) is 47.1 Å². The Hall–Kier alpha value is -2.81. The molecule has 35 heavy (non-hydrogen) atoms. The van der Waals surface area contributed by atoms with E-state index in [1.165, 1.54) is 17.3 Å². The second kappa shape index (κ2) is 10.4. The first kappa shape index (κ1) is 26.8. The highest BCUT2D eigenvalue weighted by Gasteiger charge is 2.37. The Balaban J connectivity index is 1.69. The smallest absolute Gasteiger partial charge is 0.474 e. The Kier molecular flexibility index (Phi) is 7.99. The lowest BCUT2D eigenvalue weighted by atomic mass is 9.97. The van der Waals surface area contributed by atoms with Gasteiger partial charge in [-0.1, -0.05) is 6.92 Å². The Bertz CT molecular complexity index is 1070. The molecule has 1 aliphatic heterocycles. The number of ether oxygens (including phenoxy) is 3. The van der Waals surface area contributed by atoms with E-state index in [1.807, 2.05) is 0 Å². The van der Waals surface area contributed by atoms with E-state index in [9.17, 15) is 35.9 Å². The third-order valence-corrected chi connectivity index (χ3v) is 6.21. The molecule has 0 radical (unpaired) electrons. The number of hydrogen-bond donors (Lipinski definition) is 1. The van der Waals surface area contributed by atoms with Gasteiger partial charge in [0.05, 0.1) is 28.0 Å². The highest BCUT2D eigenvalue weighted by Crippen LogP contribution is 2.40. The van der Waals surface area contributed by atoms with E-state index in [0.29, 0.717) is 0 Å². The van der Waals surface area contributed by atoms with Crippen LogP contribution in [0.15, 0.2) is 11.4 Å². The Morgan fingerprint density at radius 2 is 1.94 bits per heavy atom. The lowest BCUT2D eigenvalue weighted by Gasteiger charge is -2.36. The third kappa shape index (κ3) is 6.66. The number of aromatic nitrogens is 1. The minimum Gasteiger partial charge on any atom is -0.474 e. The number of amides is 2. The van der Waals surface area contributed by atoms with Crippen LogP contribution in [0.3, 0.4) is 0 Å². The molecule has 8 nitrogen and oxygen atoms in total. The average molecular weight is 529 g/mol. The van der Waals surface area contributed by atoms with Gasteiger partial charge in [-0.2, -0.15) is 13.2 Å². The van der Waals surface area contributed by atoms with Gasteiger partial charge in [-0.25, -0.2) is 9.78 Å². The standard InChI is InChI=1S/C20H21F6N3O5S/c1-10-8-29(18(31)32-5-6-33-20(24,25)26)4-3-13(10)34-14-7-12(19(21,22)23)16-15(28-14)11(9-35-16)17(30)27-2/h7,9-10,13H,3-6,8H2,1-2H3,(H,27,30)/t10-,13+/m1/s1. The fourth-order valence-corrected chi connectivity index (χ4v) is 4.57. The predicted octanol–water partition coefficient (Wildman–Crippen LogP) is 4.44. The molecule has 1 aliphatic rings. The summed E-state index contributed by atoms with van der Waals surface area (Å²) in [7, 11) is 1.35. The quantitative estimate of drug-likeness (QED) is 0.440. The molecule has 2 amide bonds. The Morgan fingerprint density at radius 3 is 2.54 bits per heavy atom. The lowest BCUT2D eigenvalue weighted by Crippen LogP contribution is -2.47. The van der Waals surface area contributed by atoms with Gasteiger partial charge in [-0.05, 0) is 0 Å². The normalized spacial score (nSPS) is 19.0. The zero-order valence-electron chi connectivity index (χ0n) is 18.5. The monoisotopic (exact) mass is 529 g/mol. The highest BCUT2D eigenvalue weighted by molar-refractivity contribution is 7.17. The van der Waals surface area contributed by atoms with Gasteiger partial charge in [0.25, 0.3) is 5.91 Å². The first-order chi connectivity index (χ1) is 16.3. The van der Waals surface area contributed by atoms with Crippen molar-refractivity contribution in [2.45, 2.75) is 32.0 Å². The number of carbonyl (C=O) groups excluding carboxylic acids is 2. The summed E-state index contributed by atoms with van der Waals surface area (Å²) in [5.74, 6) is -1.27. The van der Waals surface area contributed by atoms with Crippen molar-refractivity contribution in [3.05, 3.63) is 22.6 Å². The molecule has 15 heteroatoms. The van der Waals surface area contributed by atoms with Crippen molar-refractivity contribution >= 4 is 33.6 Å². The molecule has 3 rings (SSSR count). The second-order valence-electron chi connectivity index (χ2n) is 7.69. The summed E-state index contributed by atoms with van der Waals surface area (Å²) in [6, 6.07) is 0.778. The van der Waals surface area contributed by atoms with Crippen LogP contribution in [-0.2, 0) is 15.7 Å². The number of thiophene rings is 1. The van der Waals surface area contributed by atoms with E-state index < -0.39 is 49.4 Å². The van der Waals surface area contributed by atoms with E-state index >= 15 is 0 Å². The first-order valence-corrected chi connectivity index (χ1v) is 11.2. The lowest BCUT2D eigenvalue weighted by molar-refractivity contribution is -0.326. The SMILES string of the molecule is CNC(=O)c1csc2c(C(F)(F)F)cc(O[C@H]3CCN(C(=O)OCCOC(F)(F)F)C[C@H]3C)nc12. The van der Waals surface area contributed by atoms with Gasteiger partial charge >= 0.3 is 18.6 Å². The molecule has 0 aliphatic carbocycles. The van der Waals surface area contributed by atoms with Crippen molar-refractivity contribution in [1.82, 2.24) is 15.2 Å². The van der Waals surface area contributed by atoms with E-state index in [4.69, 9.17) is 9.47 Å². The average Bonchev–Trinajstić information content (AvgIpc) is 3.19. The van der Waals surface area contributed by atoms with Crippen LogP contribution in [0.25, 0.3) is 10.2 Å². The van der Waals surface area contributed by atoms with E-state index in [0.717, 1.165) is 17.4 Å². The molecule has 0 unspecified atom stereocenters. The van der Waals surface area contributed by atoms with Crippen LogP contribution in [0, 0.1) is 5.92 Å². The number of nitrogens with one attached hydrogen (secondary N) is 1. The Labute approximate surface area is 199 Å². The van der Waals surface area contributed by atoms with Gasteiger partial charge in [0.15, 0.2) is 0 Å². The van der Waals surface area contributed by atoms with Gasteiger partial charge in [0, 0.05) is 43.9 Å². The molecule has 194 valence electrons. The number of fused-ring (bicyclic) bond motifs is 1. The maximum Gasteiger partial charge on any atom is 0.522 e. The highest BCUT2D eigenvalue weighted by atomic mass is 32.1. The number of likely N-dealkylation sites (tertiary alicyclic amines) is 1. The summed E-state index contributed by atoms with van der Waals surface area (Å²) in [6.07, 6.45) is -10.8. The summed E-state index contributed by atoms with van der Waals surface area (Å²) >= 11 is 0.751. The molecular formula is C20H21F6N3O5S. The largest absolute Gasteiger partial charge is 0.522 e. The van der Waals surface area contributed by atoms with E-state index in [1.54, 1.807) is 6.92 Å². The number of hydrogen-bond acceptors (Lipinski definition) is 7. The fourth-order valence-electron chi connectivity index (χ4n) is 3.55. The van der Waals surface area contributed by atoms with Gasteiger partial charge in [0.2, 0.25) is 5.88 Å². The second-order valence-corrected chi connectivity index (χ2v) is 8.57. The summed E-state index contributed by atoms with van der Waals surface area (Å²) in [4.78, 5) is 29.6. The maximum atomic E-state index is 13.7. The van der Waals surface area contributed by atoms with Crippen molar-refractivity contribution in [2.75, 3.05) is 33.4 Å². The molecule has 2 atom stereocenters. The van der Waals surface area contributed by atoms with Gasteiger partial charge in [-0.3, -0.25) is 9.53 Å². The van der Waals surface area contributed by atoms with Crippen molar-refractivity contribution < 1.29 is 50.1 Å². The van der Waals surface area contributed by atoms with Crippen molar-refractivity contribution in [2.24, 2.45) is 5.92 Å². The van der Waals surface area contributed by atoms with Gasteiger partial charge < -0.3 is 19.7 Å². The fraction of sp³-hybridized carbons (Fsp3) is 0.550. The predicted molar refractivity (Wildman–Crippen MR) is 111 cm³/mol. The zero-order chi connectivity index (χ0) is 26.0. The summed E-state index contributed by atoms with van der Waals surface area (Å²) in [6.45, 7) is 0.452. The van der Waals surface area contributed by atoms with Crippen LogP contribution in [-0.4, -0.2) is 67.7 Å². The summed E-state index contributed by atoms with van der Waals surface area (Å²) in [5.41, 5.74) is -1.12. The molecule has 0 bridgehead atoms. The van der Waals surface area contributed by atoms with Crippen LogP contribution < -0.4 is 10.1 Å². The minimum atomic E-state index is -4.83. The molecule has 2 aromatic rings. The van der Waals surface area contributed by atoms with Crippen molar-refractivity contribution in [3.8, 4) is 5.88 Å². The molecule has 2 aromatic heterocycles. The van der Waals surface area contributed by atoms with Crippen molar-refractivity contribution in [3.63, 3.8) is 0 Å². The number of piperidine rings is 1. The van der Waals surface area contributed by atoms with Crippen LogP contribution in [0.5, 0.6) is 5.88 Å². The number of pyridine rings is 1. The summed E-state index contributed by atoms with van der Waals surface area (Å²) in [5, 5.41) is 3.65. The number of halogens is 6. The van der Waals surface area contributed by atoms with Crippen LogP contribution in [0.2, 0.25) is 0 Å². The number of alkyl halides is 6. The van der Waals surface area contributed by atoms with Gasteiger partial charge in [0.1, 0.15) is 12.7 Å². The summed E-state index contributed by atoms with van der Waals surface area (Å²) < 4.78 is 90.8. The van der Waals surface area contributed by atoms with Crippen LogP contribution in [0.1, 0.15) is 29.3 Å². The first-order valence-electron chi connectivity index (χ1n) is 10.3. The van der Waals surface area contributed by atoms with Crippen LogP contribution >= 0.6 is 11.3 Å². The number of carbonyl (C=O) groups is 2. The molecule has 0 spiro atoms. The number of nitrogens with zero attached hydrogens (tertiary/aromatic N) is 2. The van der Waals surface area contributed by atoms with Crippen LogP contribution in [0.4, 0.5) is 31.1 Å². The molecule has 1 saturated heterocycles. The zero-order valence-corrected chi connectivity index (χ0v) is 19.3. The van der Waals surface area contributed by atoms with Gasteiger partial charge in [-0.15, -0.1) is 24.5 Å². The molecule has 1 fully saturated rings. The molecular weight excluding hydrogens is 508 g/mol. The molecule has 1 N–H and O–H groups in total. The topological polar surface area (TPSA) is 90.0 Å². The maximum absolute atomic E-state index is 13.7.